The quantitative estimate of drug-likeness (QED) is 0.793. The van der Waals surface area contributed by atoms with Gasteiger partial charge < -0.3 is 18.9 Å². The van der Waals surface area contributed by atoms with Crippen molar-refractivity contribution in [2.24, 2.45) is 0 Å². The zero-order valence-electron chi connectivity index (χ0n) is 11.9. The average molecular weight is 266 g/mol. The summed E-state index contributed by atoms with van der Waals surface area (Å²) in [6.07, 6.45) is 1.83. The summed E-state index contributed by atoms with van der Waals surface area (Å²) in [6.45, 7) is 5.96. The number of hydrogen-bond acceptors (Lipinski definition) is 4. The summed E-state index contributed by atoms with van der Waals surface area (Å²) in [4.78, 5) is 0. The lowest BCUT2D eigenvalue weighted by Gasteiger charge is -2.28. The van der Waals surface area contributed by atoms with Gasteiger partial charge in [0, 0.05) is 12.0 Å². The largest absolute Gasteiger partial charge is 0.493 e. The molecule has 0 saturated carbocycles. The number of rotatable bonds is 6. The van der Waals surface area contributed by atoms with Crippen molar-refractivity contribution in [3.05, 3.63) is 23.8 Å². The standard InChI is InChI=1S/C15H22O4/c1-4-8-15(18-9-10-19-15)12-6-7-13(17-5-2)14(11-12)16-3/h6-7,11H,4-5,8-10H2,1-3H3. The van der Waals surface area contributed by atoms with Crippen LogP contribution in [0.5, 0.6) is 11.5 Å². The molecule has 0 radical (unpaired) electrons. The number of methoxy groups -OCH3 is 1. The minimum absolute atomic E-state index is 0.614. The summed E-state index contributed by atoms with van der Waals surface area (Å²) in [5.74, 6) is 0.847. The van der Waals surface area contributed by atoms with Crippen molar-refractivity contribution in [1.82, 2.24) is 0 Å². The average Bonchev–Trinajstić information content (AvgIpc) is 2.90. The predicted molar refractivity (Wildman–Crippen MR) is 72.7 cm³/mol. The van der Waals surface area contributed by atoms with E-state index in [1.807, 2.05) is 25.1 Å². The highest BCUT2D eigenvalue weighted by atomic mass is 16.7. The van der Waals surface area contributed by atoms with E-state index in [-0.39, 0.29) is 0 Å². The maximum atomic E-state index is 5.85. The summed E-state index contributed by atoms with van der Waals surface area (Å²) < 4.78 is 22.6. The Labute approximate surface area is 114 Å². The molecule has 1 aromatic carbocycles. The van der Waals surface area contributed by atoms with Gasteiger partial charge >= 0.3 is 0 Å². The monoisotopic (exact) mass is 266 g/mol. The normalized spacial score (nSPS) is 17.4. The van der Waals surface area contributed by atoms with E-state index in [9.17, 15) is 0 Å². The lowest BCUT2D eigenvalue weighted by molar-refractivity contribution is -0.171. The summed E-state index contributed by atoms with van der Waals surface area (Å²) in [5.41, 5.74) is 0.993. The molecule has 0 aliphatic carbocycles. The molecule has 4 nitrogen and oxygen atoms in total. The highest BCUT2D eigenvalue weighted by Gasteiger charge is 2.38. The molecule has 4 heteroatoms. The maximum absolute atomic E-state index is 5.85. The second-order valence-electron chi connectivity index (χ2n) is 4.50. The van der Waals surface area contributed by atoms with Gasteiger partial charge in [-0.2, -0.15) is 0 Å². The highest BCUT2D eigenvalue weighted by molar-refractivity contribution is 5.44. The molecule has 1 saturated heterocycles. The molecule has 0 bridgehead atoms. The van der Waals surface area contributed by atoms with Crippen LogP contribution in [0.25, 0.3) is 0 Å². The molecular formula is C15H22O4. The van der Waals surface area contributed by atoms with Crippen LogP contribution in [-0.4, -0.2) is 26.9 Å². The van der Waals surface area contributed by atoms with Gasteiger partial charge in [0.15, 0.2) is 17.3 Å². The van der Waals surface area contributed by atoms with Crippen molar-refractivity contribution < 1.29 is 18.9 Å². The molecule has 1 aliphatic rings. The van der Waals surface area contributed by atoms with Gasteiger partial charge in [-0.25, -0.2) is 0 Å². The Morgan fingerprint density at radius 1 is 1.16 bits per heavy atom. The zero-order chi connectivity index (χ0) is 13.7. The highest BCUT2D eigenvalue weighted by Crippen LogP contribution is 2.39. The van der Waals surface area contributed by atoms with Crippen LogP contribution in [0.2, 0.25) is 0 Å². The maximum Gasteiger partial charge on any atom is 0.195 e. The lowest BCUT2D eigenvalue weighted by Crippen LogP contribution is -2.26. The molecule has 0 atom stereocenters. The second-order valence-corrected chi connectivity index (χ2v) is 4.50. The van der Waals surface area contributed by atoms with E-state index in [1.165, 1.54) is 0 Å². The molecule has 1 aromatic rings. The fraction of sp³-hybridized carbons (Fsp3) is 0.600. The van der Waals surface area contributed by atoms with Crippen LogP contribution >= 0.6 is 0 Å². The fourth-order valence-corrected chi connectivity index (χ4v) is 2.42. The number of benzene rings is 1. The summed E-state index contributed by atoms with van der Waals surface area (Å²) in [7, 11) is 1.64. The van der Waals surface area contributed by atoms with E-state index >= 15 is 0 Å². The van der Waals surface area contributed by atoms with E-state index in [0.717, 1.165) is 24.2 Å². The third-order valence-corrected chi connectivity index (χ3v) is 3.24. The van der Waals surface area contributed by atoms with Gasteiger partial charge in [-0.1, -0.05) is 13.3 Å². The van der Waals surface area contributed by atoms with Gasteiger partial charge in [0.1, 0.15) is 0 Å². The topological polar surface area (TPSA) is 36.9 Å². The number of hydrogen-bond donors (Lipinski definition) is 0. The molecule has 0 N–H and O–H groups in total. The molecule has 2 rings (SSSR count). The van der Waals surface area contributed by atoms with Gasteiger partial charge in [-0.15, -0.1) is 0 Å². The van der Waals surface area contributed by atoms with E-state index in [2.05, 4.69) is 6.92 Å². The Morgan fingerprint density at radius 2 is 1.89 bits per heavy atom. The first kappa shape index (κ1) is 14.2. The van der Waals surface area contributed by atoms with Crippen molar-refractivity contribution in [2.75, 3.05) is 26.9 Å². The van der Waals surface area contributed by atoms with Crippen molar-refractivity contribution in [1.29, 1.82) is 0 Å². The predicted octanol–water partition coefficient (Wildman–Crippen LogP) is 3.09. The molecule has 0 unspecified atom stereocenters. The molecule has 1 heterocycles. The van der Waals surface area contributed by atoms with Crippen LogP contribution in [0.3, 0.4) is 0 Å². The third kappa shape index (κ3) is 2.85. The van der Waals surface area contributed by atoms with Crippen molar-refractivity contribution in [3.63, 3.8) is 0 Å². The van der Waals surface area contributed by atoms with Crippen LogP contribution in [0.1, 0.15) is 32.3 Å². The Kier molecular flexibility index (Phi) is 4.66. The van der Waals surface area contributed by atoms with Crippen molar-refractivity contribution in [3.8, 4) is 11.5 Å². The van der Waals surface area contributed by atoms with Crippen LogP contribution in [0.15, 0.2) is 18.2 Å². The van der Waals surface area contributed by atoms with Gasteiger partial charge in [0.25, 0.3) is 0 Å². The minimum atomic E-state index is -0.618. The Balaban J connectivity index is 2.33. The molecule has 0 amide bonds. The second kappa shape index (κ2) is 6.26. The minimum Gasteiger partial charge on any atom is -0.493 e. The SMILES string of the molecule is CCCC1(c2ccc(OCC)c(OC)c2)OCCO1. The fourth-order valence-electron chi connectivity index (χ4n) is 2.42. The van der Waals surface area contributed by atoms with Gasteiger partial charge in [-0.05, 0) is 25.1 Å². The first-order valence-corrected chi connectivity index (χ1v) is 6.85. The molecule has 1 fully saturated rings. The number of ether oxygens (including phenoxy) is 4. The molecule has 0 spiro atoms. The molecule has 0 aromatic heterocycles. The smallest absolute Gasteiger partial charge is 0.195 e. The van der Waals surface area contributed by atoms with E-state index in [4.69, 9.17) is 18.9 Å². The lowest BCUT2D eigenvalue weighted by atomic mass is 10.0. The summed E-state index contributed by atoms with van der Waals surface area (Å²) in [6, 6.07) is 5.86. The van der Waals surface area contributed by atoms with Crippen LogP contribution in [0, 0.1) is 0 Å². The zero-order valence-corrected chi connectivity index (χ0v) is 11.9. The van der Waals surface area contributed by atoms with Crippen LogP contribution in [-0.2, 0) is 15.3 Å². The summed E-state index contributed by atoms with van der Waals surface area (Å²) >= 11 is 0. The summed E-state index contributed by atoms with van der Waals surface area (Å²) in [5, 5.41) is 0. The first-order chi connectivity index (χ1) is 9.25. The molecule has 1 aliphatic heterocycles. The van der Waals surface area contributed by atoms with E-state index in [1.54, 1.807) is 7.11 Å². The molecule has 19 heavy (non-hydrogen) atoms. The first-order valence-electron chi connectivity index (χ1n) is 6.85. The van der Waals surface area contributed by atoms with Crippen molar-refractivity contribution in [2.45, 2.75) is 32.5 Å². The van der Waals surface area contributed by atoms with Gasteiger partial charge in [-0.3, -0.25) is 0 Å². The Morgan fingerprint density at radius 3 is 2.47 bits per heavy atom. The van der Waals surface area contributed by atoms with Crippen LogP contribution in [0.4, 0.5) is 0 Å². The van der Waals surface area contributed by atoms with Gasteiger partial charge in [0.2, 0.25) is 0 Å². The third-order valence-electron chi connectivity index (χ3n) is 3.24. The Hall–Kier alpha value is -1.26. The van der Waals surface area contributed by atoms with Crippen LogP contribution < -0.4 is 9.47 Å². The van der Waals surface area contributed by atoms with Gasteiger partial charge in [0.05, 0.1) is 26.9 Å². The van der Waals surface area contributed by atoms with E-state index in [0.29, 0.717) is 25.6 Å². The molecular weight excluding hydrogens is 244 g/mol. The van der Waals surface area contributed by atoms with Crippen molar-refractivity contribution >= 4 is 0 Å². The Bertz CT molecular complexity index is 411. The van der Waals surface area contributed by atoms with E-state index < -0.39 is 5.79 Å². The molecule has 106 valence electrons.